The second-order valence-electron chi connectivity index (χ2n) is 7.33. The Labute approximate surface area is 164 Å². The van der Waals surface area contributed by atoms with Crippen molar-refractivity contribution >= 4 is 5.91 Å². The monoisotopic (exact) mass is 378 g/mol. The van der Waals surface area contributed by atoms with E-state index in [0.29, 0.717) is 12.2 Å². The number of aromatic amines is 1. The van der Waals surface area contributed by atoms with Crippen LogP contribution in [0.4, 0.5) is 0 Å². The molecule has 0 spiro atoms. The Morgan fingerprint density at radius 3 is 2.89 bits per heavy atom. The Balaban J connectivity index is 1.28. The number of nitrogens with one attached hydrogen (secondary N) is 2. The molecule has 0 bridgehead atoms. The quantitative estimate of drug-likeness (QED) is 0.619. The predicted molar refractivity (Wildman–Crippen MR) is 106 cm³/mol. The molecule has 3 aromatic rings. The Kier molecular flexibility index (Phi) is 5.80. The van der Waals surface area contributed by atoms with Gasteiger partial charge in [0.1, 0.15) is 0 Å². The lowest BCUT2D eigenvalue weighted by Crippen LogP contribution is -2.24. The summed E-state index contributed by atoms with van der Waals surface area (Å²) in [6.07, 6.45) is 9.37. The highest BCUT2D eigenvalue weighted by molar-refractivity contribution is 5.91. The van der Waals surface area contributed by atoms with Gasteiger partial charge in [-0.1, -0.05) is 42.0 Å². The maximum atomic E-state index is 12.4. The third-order valence-corrected chi connectivity index (χ3v) is 5.28. The highest BCUT2D eigenvalue weighted by Crippen LogP contribution is 2.21. The summed E-state index contributed by atoms with van der Waals surface area (Å²) in [5.41, 5.74) is 5.11. The number of carbonyl (C=O) groups is 1. The Bertz CT molecular complexity index is 914. The van der Waals surface area contributed by atoms with E-state index in [2.05, 4.69) is 38.0 Å². The van der Waals surface area contributed by atoms with Crippen molar-refractivity contribution in [3.63, 3.8) is 0 Å². The summed E-state index contributed by atoms with van der Waals surface area (Å²) in [7, 11) is 0. The fourth-order valence-electron chi connectivity index (χ4n) is 3.73. The van der Waals surface area contributed by atoms with E-state index >= 15 is 0 Å². The van der Waals surface area contributed by atoms with Crippen LogP contribution in [0.25, 0.3) is 0 Å². The third-order valence-electron chi connectivity index (χ3n) is 5.28. The molecule has 146 valence electrons. The van der Waals surface area contributed by atoms with Crippen LogP contribution in [0.3, 0.4) is 0 Å². The van der Waals surface area contributed by atoms with Gasteiger partial charge in [0.2, 0.25) is 0 Å². The van der Waals surface area contributed by atoms with Crippen LogP contribution < -0.4 is 5.32 Å². The summed E-state index contributed by atoms with van der Waals surface area (Å²) in [4.78, 5) is 12.4. The fraction of sp³-hybridized carbons (Fsp3) is 0.429. The minimum atomic E-state index is -0.209. The maximum absolute atomic E-state index is 12.4. The highest BCUT2D eigenvalue weighted by atomic mass is 16.2. The van der Waals surface area contributed by atoms with Crippen molar-refractivity contribution in [1.82, 2.24) is 30.5 Å². The van der Waals surface area contributed by atoms with Gasteiger partial charge in [0.05, 0.1) is 18.4 Å². The van der Waals surface area contributed by atoms with E-state index < -0.39 is 0 Å². The topological polar surface area (TPSA) is 88.5 Å². The molecule has 1 aliphatic rings. The van der Waals surface area contributed by atoms with Crippen molar-refractivity contribution < 1.29 is 4.79 Å². The molecule has 1 aliphatic carbocycles. The molecule has 7 heteroatoms. The van der Waals surface area contributed by atoms with Crippen molar-refractivity contribution in [2.45, 2.75) is 58.0 Å². The van der Waals surface area contributed by atoms with E-state index in [1.807, 2.05) is 18.2 Å². The van der Waals surface area contributed by atoms with E-state index in [1.54, 1.807) is 10.9 Å². The molecule has 1 amide bonds. The van der Waals surface area contributed by atoms with Gasteiger partial charge in [-0.15, -0.1) is 5.10 Å². The zero-order valence-electron chi connectivity index (χ0n) is 16.0. The summed E-state index contributed by atoms with van der Waals surface area (Å²) in [5.74, 6) is -0.209. The number of benzene rings is 1. The number of aryl methyl sites for hydroxylation is 3. The van der Waals surface area contributed by atoms with Gasteiger partial charge in [0.25, 0.3) is 5.91 Å². The van der Waals surface area contributed by atoms with Crippen molar-refractivity contribution in [2.24, 2.45) is 0 Å². The van der Waals surface area contributed by atoms with Crippen LogP contribution in [0, 0.1) is 0 Å². The lowest BCUT2D eigenvalue weighted by Gasteiger charge is -2.04. The molecular formula is C21H26N6O. The summed E-state index contributed by atoms with van der Waals surface area (Å²) in [6.45, 7) is 1.16. The van der Waals surface area contributed by atoms with Crippen LogP contribution >= 0.6 is 0 Å². The van der Waals surface area contributed by atoms with Gasteiger partial charge < -0.3 is 5.32 Å². The van der Waals surface area contributed by atoms with Crippen LogP contribution in [0.15, 0.2) is 36.5 Å². The second-order valence-corrected chi connectivity index (χ2v) is 7.33. The molecule has 0 aliphatic heterocycles. The number of nitrogens with zero attached hydrogens (tertiary/aromatic N) is 4. The van der Waals surface area contributed by atoms with Crippen LogP contribution in [-0.2, 0) is 32.4 Å². The van der Waals surface area contributed by atoms with Gasteiger partial charge in [-0.05, 0) is 49.7 Å². The lowest BCUT2D eigenvalue weighted by molar-refractivity contribution is 0.0945. The van der Waals surface area contributed by atoms with E-state index in [4.69, 9.17) is 0 Å². The van der Waals surface area contributed by atoms with Crippen molar-refractivity contribution in [3.05, 3.63) is 64.7 Å². The number of hydrogen-bond acceptors (Lipinski definition) is 4. The summed E-state index contributed by atoms with van der Waals surface area (Å²) in [6, 6.07) is 10.4. The van der Waals surface area contributed by atoms with Crippen molar-refractivity contribution in [1.29, 1.82) is 0 Å². The summed E-state index contributed by atoms with van der Waals surface area (Å²) >= 11 is 0. The average molecular weight is 378 g/mol. The van der Waals surface area contributed by atoms with E-state index in [1.165, 1.54) is 36.1 Å². The zero-order chi connectivity index (χ0) is 19.2. The number of fused-ring (bicyclic) bond motifs is 1. The Hall–Kier alpha value is -2.96. The first-order valence-corrected chi connectivity index (χ1v) is 10.1. The number of amides is 1. The average Bonchev–Trinajstić information content (AvgIpc) is 3.28. The first-order chi connectivity index (χ1) is 13.8. The smallest absolute Gasteiger partial charge is 0.273 e. The molecule has 7 nitrogen and oxygen atoms in total. The molecule has 2 aromatic heterocycles. The second kappa shape index (κ2) is 8.82. The van der Waals surface area contributed by atoms with Crippen molar-refractivity contribution in [2.75, 3.05) is 0 Å². The van der Waals surface area contributed by atoms with E-state index in [9.17, 15) is 4.79 Å². The van der Waals surface area contributed by atoms with Crippen LogP contribution in [-0.4, -0.2) is 31.1 Å². The number of H-pyrrole nitrogens is 1. The molecule has 1 aromatic carbocycles. The standard InChI is InChI=1S/C21H26N6O/c28-21(22-14-19-17-11-5-2-6-12-18(17)23-24-19)20-15-27(26-25-20)13-7-10-16-8-3-1-4-9-16/h1,3-4,8-9,15H,2,5-7,10-14H2,(H,22,28)(H,23,24). The minimum Gasteiger partial charge on any atom is -0.345 e. The van der Waals surface area contributed by atoms with Gasteiger partial charge >= 0.3 is 0 Å². The number of hydrogen-bond donors (Lipinski definition) is 2. The third kappa shape index (κ3) is 4.47. The van der Waals surface area contributed by atoms with Crippen LogP contribution in [0.1, 0.15) is 58.7 Å². The van der Waals surface area contributed by atoms with E-state index in [0.717, 1.165) is 37.9 Å². The summed E-state index contributed by atoms with van der Waals surface area (Å²) in [5, 5.41) is 18.6. The molecule has 0 radical (unpaired) electrons. The van der Waals surface area contributed by atoms with Gasteiger partial charge in [-0.3, -0.25) is 14.6 Å². The molecule has 0 atom stereocenters. The number of rotatable bonds is 7. The minimum absolute atomic E-state index is 0.209. The molecule has 0 unspecified atom stereocenters. The predicted octanol–water partition coefficient (Wildman–Crippen LogP) is 2.83. The Morgan fingerprint density at radius 2 is 2.00 bits per heavy atom. The molecule has 0 saturated carbocycles. The zero-order valence-corrected chi connectivity index (χ0v) is 16.0. The summed E-state index contributed by atoms with van der Waals surface area (Å²) < 4.78 is 1.73. The molecule has 0 saturated heterocycles. The van der Waals surface area contributed by atoms with Gasteiger partial charge in [0.15, 0.2) is 5.69 Å². The van der Waals surface area contributed by atoms with Gasteiger partial charge in [-0.25, -0.2) is 0 Å². The van der Waals surface area contributed by atoms with Crippen LogP contribution in [0.5, 0.6) is 0 Å². The maximum Gasteiger partial charge on any atom is 0.273 e. The highest BCUT2D eigenvalue weighted by Gasteiger charge is 2.17. The van der Waals surface area contributed by atoms with E-state index in [-0.39, 0.29) is 5.91 Å². The number of aromatic nitrogens is 5. The normalized spacial score (nSPS) is 13.7. The molecule has 0 fully saturated rings. The van der Waals surface area contributed by atoms with Crippen LogP contribution in [0.2, 0.25) is 0 Å². The molecule has 28 heavy (non-hydrogen) atoms. The molecule has 2 heterocycles. The van der Waals surface area contributed by atoms with Gasteiger partial charge in [-0.2, -0.15) is 5.10 Å². The largest absolute Gasteiger partial charge is 0.345 e. The fourth-order valence-corrected chi connectivity index (χ4v) is 3.73. The lowest BCUT2D eigenvalue weighted by atomic mass is 10.1. The SMILES string of the molecule is O=C(NCc1n[nH]c2c1CCCCC2)c1cn(CCCc2ccccc2)nn1. The Morgan fingerprint density at radius 1 is 1.14 bits per heavy atom. The molecule has 4 rings (SSSR count). The molecular weight excluding hydrogens is 352 g/mol. The van der Waals surface area contributed by atoms with Crippen molar-refractivity contribution in [3.8, 4) is 0 Å². The first kappa shape index (κ1) is 18.4. The first-order valence-electron chi connectivity index (χ1n) is 10.1. The number of carbonyl (C=O) groups excluding carboxylic acids is 1. The van der Waals surface area contributed by atoms with Gasteiger partial charge in [0, 0.05) is 12.2 Å². The molecule has 2 N–H and O–H groups in total.